The third-order valence-corrected chi connectivity index (χ3v) is 4.61. The number of ether oxygens (including phenoxy) is 1. The Morgan fingerprint density at radius 2 is 2.07 bits per heavy atom. The number of aromatic nitrogens is 2. The predicted molar refractivity (Wildman–Crippen MR) is 104 cm³/mol. The van der Waals surface area contributed by atoms with Crippen LogP contribution in [0.15, 0.2) is 54.6 Å². The first-order valence-corrected chi connectivity index (χ1v) is 9.40. The van der Waals surface area contributed by atoms with Crippen molar-refractivity contribution in [1.29, 1.82) is 0 Å². The van der Waals surface area contributed by atoms with E-state index < -0.39 is 29.8 Å². The van der Waals surface area contributed by atoms with Crippen LogP contribution in [0, 0.1) is 0 Å². The molecule has 0 fully saturated rings. The van der Waals surface area contributed by atoms with Gasteiger partial charge in [-0.2, -0.15) is 18.3 Å². The summed E-state index contributed by atoms with van der Waals surface area (Å²) in [7, 11) is 0. The van der Waals surface area contributed by atoms with Gasteiger partial charge in [0.1, 0.15) is 0 Å². The highest BCUT2D eigenvalue weighted by molar-refractivity contribution is 6.25. The number of amides is 1. The second-order valence-corrected chi connectivity index (χ2v) is 6.90. The minimum atomic E-state index is -4.64. The van der Waals surface area contributed by atoms with Gasteiger partial charge in [0.05, 0.1) is 11.1 Å². The second-order valence-electron chi connectivity index (χ2n) is 6.37. The molecule has 3 rings (SSSR count). The van der Waals surface area contributed by atoms with Gasteiger partial charge in [0.25, 0.3) is 5.91 Å². The van der Waals surface area contributed by atoms with E-state index in [1.807, 2.05) is 30.3 Å². The Bertz CT molecular complexity index is 907. The van der Waals surface area contributed by atoms with Crippen molar-refractivity contribution in [3.63, 3.8) is 0 Å². The number of alkyl halides is 4. The number of allylic oxidation sites excluding steroid dienone is 4. The molecule has 0 aliphatic heterocycles. The molecule has 1 unspecified atom stereocenters. The number of nitrogens with zero attached hydrogens (tertiary/aromatic N) is 2. The van der Waals surface area contributed by atoms with Crippen LogP contribution < -0.4 is 10.1 Å². The number of carbonyl (C=O) groups is 1. The SMILES string of the molecule is O=C(COc1cc(C(F)(F)F)nn1C1=CC=CCC1Cl)NCCc1ccccc1. The normalized spacial score (nSPS) is 16.4. The summed E-state index contributed by atoms with van der Waals surface area (Å²) in [5, 5.41) is 5.71. The molecular weight excluding hydrogens is 407 g/mol. The van der Waals surface area contributed by atoms with Crippen LogP contribution >= 0.6 is 11.6 Å². The minimum absolute atomic E-state index is 0.192. The fourth-order valence-corrected chi connectivity index (χ4v) is 3.03. The van der Waals surface area contributed by atoms with Gasteiger partial charge >= 0.3 is 6.18 Å². The van der Waals surface area contributed by atoms with Crippen LogP contribution in [0.3, 0.4) is 0 Å². The highest BCUT2D eigenvalue weighted by atomic mass is 35.5. The lowest BCUT2D eigenvalue weighted by molar-refractivity contribution is -0.141. The van der Waals surface area contributed by atoms with Crippen molar-refractivity contribution in [2.75, 3.05) is 13.2 Å². The number of hydrogen-bond donors (Lipinski definition) is 1. The minimum Gasteiger partial charge on any atom is -0.467 e. The van der Waals surface area contributed by atoms with Crippen molar-refractivity contribution in [3.8, 4) is 5.88 Å². The van der Waals surface area contributed by atoms with E-state index in [-0.39, 0.29) is 5.88 Å². The molecule has 1 aliphatic carbocycles. The summed E-state index contributed by atoms with van der Waals surface area (Å²) in [5.41, 5.74) is 0.299. The van der Waals surface area contributed by atoms with E-state index in [9.17, 15) is 18.0 Å². The molecule has 1 aromatic heterocycles. The lowest BCUT2D eigenvalue weighted by atomic mass is 10.1. The molecule has 5 nitrogen and oxygen atoms in total. The molecule has 154 valence electrons. The fraction of sp³-hybridized carbons (Fsp3) is 0.300. The lowest BCUT2D eigenvalue weighted by Gasteiger charge is -2.17. The molecule has 1 N–H and O–H groups in total. The first kappa shape index (κ1) is 21.0. The third kappa shape index (κ3) is 5.63. The maximum Gasteiger partial charge on any atom is 0.435 e. The van der Waals surface area contributed by atoms with E-state index in [4.69, 9.17) is 16.3 Å². The van der Waals surface area contributed by atoms with Gasteiger partial charge in [-0.15, -0.1) is 11.6 Å². The van der Waals surface area contributed by atoms with Crippen LogP contribution in [0.2, 0.25) is 0 Å². The van der Waals surface area contributed by atoms with E-state index in [1.165, 1.54) is 0 Å². The smallest absolute Gasteiger partial charge is 0.435 e. The summed E-state index contributed by atoms with van der Waals surface area (Å²) in [6.07, 6.45) is 1.50. The molecule has 0 radical (unpaired) electrons. The van der Waals surface area contributed by atoms with Gasteiger partial charge < -0.3 is 10.1 Å². The van der Waals surface area contributed by atoms with Crippen molar-refractivity contribution < 1.29 is 22.7 Å². The van der Waals surface area contributed by atoms with Gasteiger partial charge in [-0.3, -0.25) is 4.79 Å². The molecule has 1 heterocycles. The molecule has 0 saturated heterocycles. The molecule has 1 aliphatic rings. The maximum atomic E-state index is 13.1. The zero-order valence-electron chi connectivity index (χ0n) is 15.3. The Morgan fingerprint density at radius 3 is 2.76 bits per heavy atom. The first-order valence-electron chi connectivity index (χ1n) is 8.96. The molecule has 9 heteroatoms. The number of carbonyl (C=O) groups excluding carboxylic acids is 1. The molecule has 1 atom stereocenters. The van der Waals surface area contributed by atoms with Crippen molar-refractivity contribution in [2.24, 2.45) is 0 Å². The zero-order chi connectivity index (χ0) is 20.9. The van der Waals surface area contributed by atoms with E-state index in [1.54, 1.807) is 18.2 Å². The van der Waals surface area contributed by atoms with Crippen LogP contribution in [0.5, 0.6) is 5.88 Å². The fourth-order valence-electron chi connectivity index (χ4n) is 2.76. The average Bonchev–Trinajstić information content (AvgIpc) is 3.12. The van der Waals surface area contributed by atoms with Gasteiger partial charge in [0.2, 0.25) is 5.88 Å². The summed E-state index contributed by atoms with van der Waals surface area (Å²) < 4.78 is 45.6. The summed E-state index contributed by atoms with van der Waals surface area (Å²) in [5.74, 6) is -0.634. The molecular formula is C20H19ClF3N3O2. The monoisotopic (exact) mass is 425 g/mol. The Balaban J connectivity index is 1.64. The zero-order valence-corrected chi connectivity index (χ0v) is 16.1. The largest absolute Gasteiger partial charge is 0.467 e. The van der Waals surface area contributed by atoms with Gasteiger partial charge in [0.15, 0.2) is 12.3 Å². The van der Waals surface area contributed by atoms with Crippen molar-refractivity contribution in [3.05, 3.63) is 65.9 Å². The quantitative estimate of drug-likeness (QED) is 0.681. The van der Waals surface area contributed by atoms with Gasteiger partial charge in [-0.05, 0) is 24.5 Å². The molecule has 1 amide bonds. The van der Waals surface area contributed by atoms with Gasteiger partial charge in [-0.25, -0.2) is 4.68 Å². The molecule has 0 bridgehead atoms. The van der Waals surface area contributed by atoms with E-state index in [2.05, 4.69) is 10.4 Å². The molecule has 29 heavy (non-hydrogen) atoms. The molecule has 2 aromatic rings. The summed E-state index contributed by atoms with van der Waals surface area (Å²) in [6, 6.07) is 10.3. The average molecular weight is 426 g/mol. The maximum absolute atomic E-state index is 13.1. The van der Waals surface area contributed by atoms with Crippen molar-refractivity contribution in [1.82, 2.24) is 15.1 Å². The van der Waals surface area contributed by atoms with Crippen molar-refractivity contribution in [2.45, 2.75) is 24.4 Å². The number of rotatable bonds is 7. The number of hydrogen-bond acceptors (Lipinski definition) is 3. The lowest BCUT2D eigenvalue weighted by Crippen LogP contribution is -2.31. The third-order valence-electron chi connectivity index (χ3n) is 4.21. The summed E-state index contributed by atoms with van der Waals surface area (Å²) >= 11 is 6.21. The first-order chi connectivity index (χ1) is 13.8. The second kappa shape index (κ2) is 9.17. The molecule has 1 aromatic carbocycles. The van der Waals surface area contributed by atoms with Crippen LogP contribution in [0.25, 0.3) is 5.70 Å². The Hall–Kier alpha value is -2.74. The summed E-state index contributed by atoms with van der Waals surface area (Å²) in [6.45, 7) is -0.0488. The molecule has 0 saturated carbocycles. The Labute approximate surface area is 170 Å². The topological polar surface area (TPSA) is 56.1 Å². The van der Waals surface area contributed by atoms with E-state index >= 15 is 0 Å². The van der Waals surface area contributed by atoms with Gasteiger partial charge in [0, 0.05) is 12.6 Å². The highest BCUT2D eigenvalue weighted by Crippen LogP contribution is 2.34. The van der Waals surface area contributed by atoms with Crippen LogP contribution in [-0.4, -0.2) is 34.2 Å². The number of benzene rings is 1. The summed E-state index contributed by atoms with van der Waals surface area (Å²) in [4.78, 5) is 12.0. The van der Waals surface area contributed by atoms with Crippen LogP contribution in [0.4, 0.5) is 13.2 Å². The van der Waals surface area contributed by atoms with E-state index in [0.717, 1.165) is 16.3 Å². The van der Waals surface area contributed by atoms with Crippen LogP contribution in [-0.2, 0) is 17.4 Å². The molecule has 0 spiro atoms. The number of halogens is 4. The Morgan fingerprint density at radius 1 is 1.31 bits per heavy atom. The van der Waals surface area contributed by atoms with Gasteiger partial charge in [-0.1, -0.05) is 42.5 Å². The predicted octanol–water partition coefficient (Wildman–Crippen LogP) is 4.05. The Kier molecular flexibility index (Phi) is 6.64. The number of nitrogens with one attached hydrogen (secondary N) is 1. The highest BCUT2D eigenvalue weighted by Gasteiger charge is 2.36. The standard InChI is InChI=1S/C20H19ClF3N3O2/c21-15-8-4-5-9-16(15)27-19(12-17(26-27)20(22,23)24)29-13-18(28)25-11-10-14-6-2-1-3-7-14/h1-7,9,12,15H,8,10-11,13H2,(H,25,28). The van der Waals surface area contributed by atoms with Crippen LogP contribution in [0.1, 0.15) is 17.7 Å². The van der Waals surface area contributed by atoms with E-state index in [0.29, 0.717) is 25.1 Å². The van der Waals surface area contributed by atoms with Crippen molar-refractivity contribution >= 4 is 23.2 Å².